The molecule has 3 nitrogen and oxygen atoms in total. The van der Waals surface area contributed by atoms with E-state index < -0.39 is 5.97 Å². The standard InChI is InChI=1S/C8H7BrO3/c1-12-8(11)6-4-5(9)2-3-7(6)10/h2,4H,3H2,1H3. The number of esters is 1. The number of hydrogen-bond donors (Lipinski definition) is 0. The van der Waals surface area contributed by atoms with Crippen molar-refractivity contribution in [3.63, 3.8) is 0 Å². The molecular weight excluding hydrogens is 224 g/mol. The van der Waals surface area contributed by atoms with Crippen molar-refractivity contribution in [2.45, 2.75) is 6.42 Å². The van der Waals surface area contributed by atoms with Crippen LogP contribution in [0.15, 0.2) is 22.2 Å². The molecule has 0 aromatic carbocycles. The molecule has 4 heteroatoms. The number of ketones is 1. The van der Waals surface area contributed by atoms with Gasteiger partial charge >= 0.3 is 5.97 Å². The van der Waals surface area contributed by atoms with Crippen LogP contribution in [0.5, 0.6) is 0 Å². The molecule has 0 aliphatic heterocycles. The first-order chi connectivity index (χ1) is 5.65. The van der Waals surface area contributed by atoms with Gasteiger partial charge in [0, 0.05) is 10.9 Å². The molecule has 0 unspecified atom stereocenters. The second kappa shape index (κ2) is 3.67. The maximum atomic E-state index is 11.1. The largest absolute Gasteiger partial charge is 0.465 e. The third-order valence-corrected chi connectivity index (χ3v) is 2.02. The summed E-state index contributed by atoms with van der Waals surface area (Å²) in [6.07, 6.45) is 3.42. The van der Waals surface area contributed by atoms with E-state index in [1.165, 1.54) is 13.2 Å². The number of halogens is 1. The predicted octanol–water partition coefficient (Wildman–Crippen LogP) is 1.34. The van der Waals surface area contributed by atoms with E-state index in [-0.39, 0.29) is 17.8 Å². The zero-order chi connectivity index (χ0) is 9.14. The van der Waals surface area contributed by atoms with Crippen LogP contribution in [0.25, 0.3) is 0 Å². The third kappa shape index (κ3) is 1.82. The Hall–Kier alpha value is -0.900. The van der Waals surface area contributed by atoms with Crippen LogP contribution in [-0.2, 0) is 14.3 Å². The van der Waals surface area contributed by atoms with Gasteiger partial charge in [-0.05, 0) is 6.08 Å². The second-order valence-corrected chi connectivity index (χ2v) is 3.18. The first-order valence-electron chi connectivity index (χ1n) is 3.34. The maximum Gasteiger partial charge on any atom is 0.341 e. The summed E-state index contributed by atoms with van der Waals surface area (Å²) in [5, 5.41) is 0. The molecule has 1 aliphatic rings. The van der Waals surface area contributed by atoms with E-state index in [0.717, 1.165) is 4.48 Å². The van der Waals surface area contributed by atoms with E-state index in [9.17, 15) is 9.59 Å². The summed E-state index contributed by atoms with van der Waals surface area (Å²) in [5.41, 5.74) is 0.104. The summed E-state index contributed by atoms with van der Waals surface area (Å²) < 4.78 is 5.17. The molecule has 0 saturated carbocycles. The van der Waals surface area contributed by atoms with Gasteiger partial charge < -0.3 is 4.74 Å². The van der Waals surface area contributed by atoms with Gasteiger partial charge in [-0.1, -0.05) is 22.0 Å². The number of methoxy groups -OCH3 is 1. The average molecular weight is 231 g/mol. The highest BCUT2D eigenvalue weighted by atomic mass is 79.9. The number of Topliss-reactive ketones (excluding diaryl/α,β-unsaturated/α-hetero) is 1. The Morgan fingerprint density at radius 3 is 2.92 bits per heavy atom. The van der Waals surface area contributed by atoms with Crippen molar-refractivity contribution < 1.29 is 14.3 Å². The molecule has 0 aromatic rings. The van der Waals surface area contributed by atoms with Gasteiger partial charge in [-0.15, -0.1) is 0 Å². The zero-order valence-electron chi connectivity index (χ0n) is 6.46. The van der Waals surface area contributed by atoms with Crippen molar-refractivity contribution in [3.05, 3.63) is 22.2 Å². The number of hydrogen-bond acceptors (Lipinski definition) is 3. The molecule has 0 saturated heterocycles. The predicted molar refractivity (Wildman–Crippen MR) is 46.7 cm³/mol. The number of carbonyl (C=O) groups excluding carboxylic acids is 2. The summed E-state index contributed by atoms with van der Waals surface area (Å²) in [5.74, 6) is -0.782. The van der Waals surface area contributed by atoms with E-state index in [0.29, 0.717) is 0 Å². The minimum atomic E-state index is -0.579. The van der Waals surface area contributed by atoms with Gasteiger partial charge in [0.25, 0.3) is 0 Å². The quantitative estimate of drug-likeness (QED) is 0.505. The summed E-state index contributed by atoms with van der Waals surface area (Å²) in [6.45, 7) is 0. The Bertz CT molecular complexity index is 289. The molecule has 12 heavy (non-hydrogen) atoms. The third-order valence-electron chi connectivity index (χ3n) is 1.47. The fourth-order valence-electron chi connectivity index (χ4n) is 0.860. The lowest BCUT2D eigenvalue weighted by Crippen LogP contribution is -2.15. The van der Waals surface area contributed by atoms with Gasteiger partial charge in [-0.3, -0.25) is 4.79 Å². The van der Waals surface area contributed by atoms with E-state index in [1.807, 2.05) is 0 Å². The minimum Gasteiger partial charge on any atom is -0.465 e. The maximum absolute atomic E-state index is 11.1. The van der Waals surface area contributed by atoms with Crippen molar-refractivity contribution in [2.24, 2.45) is 0 Å². The van der Waals surface area contributed by atoms with Gasteiger partial charge in [0.05, 0.1) is 7.11 Å². The molecule has 0 N–H and O–H groups in total. The SMILES string of the molecule is COC(=O)C1=CC(Br)=CCC1=O. The number of carbonyl (C=O) groups is 2. The normalized spacial score (nSPS) is 16.7. The molecule has 0 atom stereocenters. The van der Waals surface area contributed by atoms with Crippen LogP contribution in [0, 0.1) is 0 Å². The lowest BCUT2D eigenvalue weighted by molar-refractivity contribution is -0.137. The summed E-state index contributed by atoms with van der Waals surface area (Å²) in [6, 6.07) is 0. The topological polar surface area (TPSA) is 43.4 Å². The van der Waals surface area contributed by atoms with E-state index >= 15 is 0 Å². The molecule has 0 aromatic heterocycles. The molecule has 0 radical (unpaired) electrons. The summed E-state index contributed by atoms with van der Waals surface area (Å²) in [4.78, 5) is 22.1. The van der Waals surface area contributed by atoms with Crippen LogP contribution in [0.3, 0.4) is 0 Å². The second-order valence-electron chi connectivity index (χ2n) is 2.27. The van der Waals surface area contributed by atoms with Crippen molar-refractivity contribution in [2.75, 3.05) is 7.11 Å². The fourth-order valence-corrected chi connectivity index (χ4v) is 1.25. The first-order valence-corrected chi connectivity index (χ1v) is 4.13. The molecule has 1 rings (SSSR count). The van der Waals surface area contributed by atoms with Crippen LogP contribution in [0.4, 0.5) is 0 Å². The highest BCUT2D eigenvalue weighted by Gasteiger charge is 2.20. The van der Waals surface area contributed by atoms with E-state index in [1.54, 1.807) is 6.08 Å². The Morgan fingerprint density at radius 1 is 1.67 bits per heavy atom. The summed E-state index contributed by atoms with van der Waals surface area (Å²) in [7, 11) is 1.25. The zero-order valence-corrected chi connectivity index (χ0v) is 8.05. The molecule has 1 aliphatic carbocycles. The lowest BCUT2D eigenvalue weighted by atomic mass is 10.0. The number of rotatable bonds is 1. The fraction of sp³-hybridized carbons (Fsp3) is 0.250. The van der Waals surface area contributed by atoms with Gasteiger partial charge in [0.1, 0.15) is 5.57 Å². The van der Waals surface area contributed by atoms with Crippen LogP contribution in [0.2, 0.25) is 0 Å². The molecule has 0 amide bonds. The van der Waals surface area contributed by atoms with Gasteiger partial charge in [0.15, 0.2) is 5.78 Å². The average Bonchev–Trinajstić information content (AvgIpc) is 2.08. The molecule has 0 fully saturated rings. The van der Waals surface area contributed by atoms with Gasteiger partial charge in [0.2, 0.25) is 0 Å². The van der Waals surface area contributed by atoms with E-state index in [2.05, 4.69) is 20.7 Å². The smallest absolute Gasteiger partial charge is 0.341 e. The Morgan fingerprint density at radius 2 is 2.33 bits per heavy atom. The van der Waals surface area contributed by atoms with Crippen molar-refractivity contribution in [3.8, 4) is 0 Å². The monoisotopic (exact) mass is 230 g/mol. The van der Waals surface area contributed by atoms with Crippen LogP contribution in [0.1, 0.15) is 6.42 Å². The molecular formula is C8H7BrO3. The van der Waals surface area contributed by atoms with Crippen LogP contribution < -0.4 is 0 Å². The highest BCUT2D eigenvalue weighted by molar-refractivity contribution is 9.11. The Balaban J connectivity index is 2.93. The highest BCUT2D eigenvalue weighted by Crippen LogP contribution is 2.19. The molecule has 0 spiro atoms. The number of ether oxygens (including phenoxy) is 1. The van der Waals surface area contributed by atoms with E-state index in [4.69, 9.17) is 0 Å². The Labute approximate surface area is 78.2 Å². The molecule has 64 valence electrons. The molecule has 0 bridgehead atoms. The minimum absolute atomic E-state index is 0.104. The van der Waals surface area contributed by atoms with Crippen molar-refractivity contribution in [1.82, 2.24) is 0 Å². The Kier molecular flexibility index (Phi) is 2.81. The summed E-state index contributed by atoms with van der Waals surface area (Å²) >= 11 is 3.18. The van der Waals surface area contributed by atoms with Crippen molar-refractivity contribution in [1.29, 1.82) is 0 Å². The first kappa shape index (κ1) is 9.19. The molecule has 0 heterocycles. The van der Waals surface area contributed by atoms with Gasteiger partial charge in [-0.25, -0.2) is 4.79 Å². The lowest BCUT2D eigenvalue weighted by Gasteiger charge is -2.06. The van der Waals surface area contributed by atoms with Crippen molar-refractivity contribution >= 4 is 27.7 Å². The van der Waals surface area contributed by atoms with Crippen LogP contribution >= 0.6 is 15.9 Å². The van der Waals surface area contributed by atoms with Crippen LogP contribution in [-0.4, -0.2) is 18.9 Å². The number of allylic oxidation sites excluding steroid dienone is 3. The van der Waals surface area contributed by atoms with Gasteiger partial charge in [-0.2, -0.15) is 0 Å².